The van der Waals surface area contributed by atoms with E-state index in [1.165, 1.54) is 16.8 Å². The Morgan fingerprint density at radius 3 is 2.26 bits per heavy atom. The van der Waals surface area contributed by atoms with Crippen LogP contribution in [0, 0.1) is 0 Å². The molecule has 0 spiro atoms. The lowest BCUT2D eigenvalue weighted by Crippen LogP contribution is -2.42. The third kappa shape index (κ3) is 3.27. The zero-order chi connectivity index (χ0) is 16.4. The number of rotatable bonds is 3. The number of nitrogens with zero attached hydrogens (tertiary/aromatic N) is 2. The standard InChI is InChI=1S/C16H22N2O4S/c19-16(20)14-8-6-7-13-11-18(12-15(13)14)23(21,22)17-9-4-2-1-3-5-10-17/h6-8H,1-5,9-12H2,(H,19,20). The SMILES string of the molecule is O=C(O)c1cccc2c1CN(S(=O)(=O)N1CCCCCCC1)C2. The maximum absolute atomic E-state index is 12.9. The number of hydrogen-bond acceptors (Lipinski definition) is 3. The number of carboxylic acids is 1. The Morgan fingerprint density at radius 2 is 1.61 bits per heavy atom. The van der Waals surface area contributed by atoms with Crippen LogP contribution in [0.5, 0.6) is 0 Å². The summed E-state index contributed by atoms with van der Waals surface area (Å²) in [6.45, 7) is 1.52. The third-order valence-electron chi connectivity index (χ3n) is 4.65. The van der Waals surface area contributed by atoms with E-state index in [-0.39, 0.29) is 18.7 Å². The average molecular weight is 338 g/mol. The lowest BCUT2D eigenvalue weighted by molar-refractivity contribution is 0.0695. The number of benzene rings is 1. The van der Waals surface area contributed by atoms with Crippen molar-refractivity contribution in [2.45, 2.75) is 45.2 Å². The molecule has 0 unspecified atom stereocenters. The fourth-order valence-electron chi connectivity index (χ4n) is 3.37. The number of carbonyl (C=O) groups is 1. The second-order valence-electron chi connectivity index (χ2n) is 6.19. The molecule has 1 aromatic rings. The summed E-state index contributed by atoms with van der Waals surface area (Å²) in [6.07, 6.45) is 5.08. The molecular formula is C16H22N2O4S. The van der Waals surface area contributed by atoms with Gasteiger partial charge < -0.3 is 5.11 Å². The zero-order valence-electron chi connectivity index (χ0n) is 13.1. The summed E-state index contributed by atoms with van der Waals surface area (Å²) >= 11 is 0. The second-order valence-corrected chi connectivity index (χ2v) is 8.12. The van der Waals surface area contributed by atoms with E-state index in [2.05, 4.69) is 0 Å². The van der Waals surface area contributed by atoms with Gasteiger partial charge in [-0.3, -0.25) is 0 Å². The topological polar surface area (TPSA) is 77.9 Å². The van der Waals surface area contributed by atoms with Crippen LogP contribution in [0.1, 0.15) is 53.6 Å². The van der Waals surface area contributed by atoms with Crippen molar-refractivity contribution in [3.63, 3.8) is 0 Å². The van der Waals surface area contributed by atoms with Gasteiger partial charge in [0.25, 0.3) is 10.2 Å². The lowest BCUT2D eigenvalue weighted by atomic mass is 10.0. The lowest BCUT2D eigenvalue weighted by Gasteiger charge is -2.28. The molecule has 6 nitrogen and oxygen atoms in total. The summed E-state index contributed by atoms with van der Waals surface area (Å²) in [5.41, 5.74) is 1.61. The van der Waals surface area contributed by atoms with Gasteiger partial charge in [0.05, 0.1) is 5.56 Å². The minimum Gasteiger partial charge on any atom is -0.478 e. The molecule has 2 aliphatic rings. The van der Waals surface area contributed by atoms with Gasteiger partial charge in [-0.2, -0.15) is 17.0 Å². The Hall–Kier alpha value is -1.44. The van der Waals surface area contributed by atoms with Gasteiger partial charge in [-0.05, 0) is 30.0 Å². The van der Waals surface area contributed by atoms with Gasteiger partial charge in [-0.1, -0.05) is 31.4 Å². The van der Waals surface area contributed by atoms with Gasteiger partial charge in [0, 0.05) is 26.2 Å². The molecule has 1 N–H and O–H groups in total. The maximum atomic E-state index is 12.9. The Labute approximate surface area is 136 Å². The van der Waals surface area contributed by atoms with Gasteiger partial charge in [0.2, 0.25) is 0 Å². The highest BCUT2D eigenvalue weighted by atomic mass is 32.2. The fraction of sp³-hybridized carbons (Fsp3) is 0.562. The molecule has 2 aliphatic heterocycles. The summed E-state index contributed by atoms with van der Waals surface area (Å²) in [4.78, 5) is 11.3. The predicted molar refractivity (Wildman–Crippen MR) is 86.2 cm³/mol. The number of hydrogen-bond donors (Lipinski definition) is 1. The molecule has 0 atom stereocenters. The minimum atomic E-state index is -3.54. The number of fused-ring (bicyclic) bond motifs is 1. The van der Waals surface area contributed by atoms with Crippen LogP contribution in [0.2, 0.25) is 0 Å². The van der Waals surface area contributed by atoms with Crippen LogP contribution < -0.4 is 0 Å². The predicted octanol–water partition coefficient (Wildman–Crippen LogP) is 2.21. The van der Waals surface area contributed by atoms with Crippen LogP contribution in [0.4, 0.5) is 0 Å². The molecule has 7 heteroatoms. The summed E-state index contributed by atoms with van der Waals surface area (Å²) in [7, 11) is -3.54. The molecule has 1 saturated heterocycles. The van der Waals surface area contributed by atoms with E-state index in [1.807, 2.05) is 6.07 Å². The largest absolute Gasteiger partial charge is 0.478 e. The van der Waals surface area contributed by atoms with Gasteiger partial charge in [0.15, 0.2) is 0 Å². The Bertz CT molecular complexity index is 694. The van der Waals surface area contributed by atoms with E-state index >= 15 is 0 Å². The first-order chi connectivity index (χ1) is 11.0. The van der Waals surface area contributed by atoms with E-state index < -0.39 is 16.2 Å². The molecule has 0 aromatic heterocycles. The van der Waals surface area contributed by atoms with Crippen molar-refractivity contribution in [2.24, 2.45) is 0 Å². The van der Waals surface area contributed by atoms with Crippen molar-refractivity contribution < 1.29 is 18.3 Å². The zero-order valence-corrected chi connectivity index (χ0v) is 13.9. The van der Waals surface area contributed by atoms with Crippen LogP contribution >= 0.6 is 0 Å². The summed E-state index contributed by atoms with van der Waals surface area (Å²) in [5, 5.41) is 9.28. The average Bonchev–Trinajstić information content (AvgIpc) is 2.90. The highest BCUT2D eigenvalue weighted by Gasteiger charge is 2.35. The minimum absolute atomic E-state index is 0.149. The Balaban J connectivity index is 1.82. The van der Waals surface area contributed by atoms with Crippen molar-refractivity contribution in [2.75, 3.05) is 13.1 Å². The van der Waals surface area contributed by atoms with E-state index in [4.69, 9.17) is 0 Å². The van der Waals surface area contributed by atoms with E-state index in [1.54, 1.807) is 10.4 Å². The normalized spacial score (nSPS) is 20.7. The van der Waals surface area contributed by atoms with Crippen LogP contribution in [-0.4, -0.2) is 41.2 Å². The van der Waals surface area contributed by atoms with Crippen LogP contribution in [0.25, 0.3) is 0 Å². The first-order valence-electron chi connectivity index (χ1n) is 8.09. The van der Waals surface area contributed by atoms with Gasteiger partial charge in [-0.15, -0.1) is 0 Å². The fourth-order valence-corrected chi connectivity index (χ4v) is 5.01. The van der Waals surface area contributed by atoms with Crippen molar-refractivity contribution in [1.29, 1.82) is 0 Å². The molecule has 0 amide bonds. The van der Waals surface area contributed by atoms with Gasteiger partial charge in [0.1, 0.15) is 0 Å². The third-order valence-corrected chi connectivity index (χ3v) is 6.58. The van der Waals surface area contributed by atoms with Crippen molar-refractivity contribution in [1.82, 2.24) is 8.61 Å². The first-order valence-corrected chi connectivity index (χ1v) is 9.49. The van der Waals surface area contributed by atoms with Crippen molar-refractivity contribution in [3.8, 4) is 0 Å². The molecule has 1 fully saturated rings. The quantitative estimate of drug-likeness (QED) is 0.916. The summed E-state index contributed by atoms with van der Waals surface area (Å²) < 4.78 is 28.8. The van der Waals surface area contributed by atoms with Crippen molar-refractivity contribution >= 4 is 16.2 Å². The number of carboxylic acid groups (broad SMARTS) is 1. The maximum Gasteiger partial charge on any atom is 0.336 e. The Kier molecular flexibility index (Phi) is 4.70. The Morgan fingerprint density at radius 1 is 0.957 bits per heavy atom. The highest BCUT2D eigenvalue weighted by molar-refractivity contribution is 7.86. The molecule has 0 saturated carbocycles. The van der Waals surface area contributed by atoms with E-state index in [9.17, 15) is 18.3 Å². The van der Waals surface area contributed by atoms with Gasteiger partial charge in [-0.25, -0.2) is 4.79 Å². The summed E-state index contributed by atoms with van der Waals surface area (Å²) in [5.74, 6) is -1.01. The molecule has 2 heterocycles. The van der Waals surface area contributed by atoms with Gasteiger partial charge >= 0.3 is 5.97 Å². The highest BCUT2D eigenvalue weighted by Crippen LogP contribution is 2.30. The smallest absolute Gasteiger partial charge is 0.336 e. The summed E-state index contributed by atoms with van der Waals surface area (Å²) in [6, 6.07) is 5.02. The van der Waals surface area contributed by atoms with E-state index in [0.717, 1.165) is 31.2 Å². The second kappa shape index (κ2) is 6.59. The molecule has 1 aromatic carbocycles. The van der Waals surface area contributed by atoms with Crippen LogP contribution in [0.15, 0.2) is 18.2 Å². The monoisotopic (exact) mass is 338 g/mol. The van der Waals surface area contributed by atoms with Crippen LogP contribution in [0.3, 0.4) is 0 Å². The molecule has 0 radical (unpaired) electrons. The molecule has 23 heavy (non-hydrogen) atoms. The van der Waals surface area contributed by atoms with Crippen molar-refractivity contribution in [3.05, 3.63) is 34.9 Å². The molecular weight excluding hydrogens is 316 g/mol. The molecule has 0 bridgehead atoms. The molecule has 3 rings (SSSR count). The molecule has 0 aliphatic carbocycles. The molecule has 126 valence electrons. The first kappa shape index (κ1) is 16.4. The number of aromatic carboxylic acids is 1. The van der Waals surface area contributed by atoms with Crippen LogP contribution in [-0.2, 0) is 23.3 Å². The van der Waals surface area contributed by atoms with E-state index in [0.29, 0.717) is 18.7 Å².